The average Bonchev–Trinajstić information content (AvgIpc) is 3.46. The Morgan fingerprint density at radius 3 is 1.77 bits per heavy atom. The SMILES string of the molecule is CCc1c(CC)c(OS(=O)(=O)c2ccc(C)cc2)c2c(c1OS(=O)(=O)C(F)(F)F)[C@@H]1C[C@H]2C2=C1OC(C)(C)O2. The maximum Gasteiger partial charge on any atom is 0.534 e. The third-order valence-corrected chi connectivity index (χ3v) is 9.32. The average molecular weight is 589 g/mol. The highest BCUT2D eigenvalue weighted by Crippen LogP contribution is 2.66. The topological polar surface area (TPSA) is 105 Å². The van der Waals surface area contributed by atoms with Crippen molar-refractivity contribution in [3.8, 4) is 11.5 Å². The van der Waals surface area contributed by atoms with Crippen LogP contribution in [0, 0.1) is 6.92 Å². The molecule has 5 rings (SSSR count). The van der Waals surface area contributed by atoms with Crippen molar-refractivity contribution in [3.63, 3.8) is 0 Å². The molecule has 1 aliphatic heterocycles. The minimum Gasteiger partial charge on any atom is -0.453 e. The summed E-state index contributed by atoms with van der Waals surface area (Å²) >= 11 is 0. The van der Waals surface area contributed by atoms with Gasteiger partial charge in [-0.05, 0) is 38.3 Å². The van der Waals surface area contributed by atoms with Gasteiger partial charge < -0.3 is 17.8 Å². The normalized spacial score (nSPS) is 21.3. The Bertz CT molecular complexity index is 1610. The fraction of sp³-hybridized carbons (Fsp3) is 0.462. The number of aryl methyl sites for hydroxylation is 1. The smallest absolute Gasteiger partial charge is 0.453 e. The minimum atomic E-state index is -6.03. The van der Waals surface area contributed by atoms with E-state index >= 15 is 0 Å². The number of allylic oxidation sites excluding steroid dienone is 2. The summed E-state index contributed by atoms with van der Waals surface area (Å²) in [6.45, 7) is 8.41. The summed E-state index contributed by atoms with van der Waals surface area (Å²) in [4.78, 5) is -0.105. The molecule has 0 unspecified atom stereocenters. The molecule has 2 aromatic rings. The minimum absolute atomic E-state index is 0.0472. The first-order chi connectivity index (χ1) is 18.0. The number of rotatable bonds is 7. The Kier molecular flexibility index (Phi) is 6.22. The first-order valence-electron chi connectivity index (χ1n) is 12.4. The monoisotopic (exact) mass is 588 g/mol. The molecule has 1 heterocycles. The zero-order chi connectivity index (χ0) is 28.7. The molecular weight excluding hydrogens is 561 g/mol. The predicted octanol–water partition coefficient (Wildman–Crippen LogP) is 5.69. The molecule has 2 aromatic carbocycles. The molecule has 0 spiro atoms. The quantitative estimate of drug-likeness (QED) is 0.300. The lowest BCUT2D eigenvalue weighted by molar-refractivity contribution is -0.130. The van der Waals surface area contributed by atoms with Gasteiger partial charge in [0.05, 0.1) is 11.8 Å². The van der Waals surface area contributed by atoms with Crippen molar-refractivity contribution in [1.82, 2.24) is 0 Å². The van der Waals surface area contributed by atoms with E-state index in [0.29, 0.717) is 11.5 Å². The van der Waals surface area contributed by atoms with Gasteiger partial charge in [0.15, 0.2) is 11.5 Å². The summed E-state index contributed by atoms with van der Waals surface area (Å²) in [5.74, 6) is -2.13. The van der Waals surface area contributed by atoms with Gasteiger partial charge >= 0.3 is 25.7 Å². The van der Waals surface area contributed by atoms with Crippen molar-refractivity contribution >= 4 is 20.2 Å². The number of hydrogen-bond donors (Lipinski definition) is 0. The highest BCUT2D eigenvalue weighted by Gasteiger charge is 2.57. The van der Waals surface area contributed by atoms with Crippen LogP contribution >= 0.6 is 0 Å². The third-order valence-electron chi connectivity index (χ3n) is 7.13. The van der Waals surface area contributed by atoms with Crippen molar-refractivity contribution < 1.29 is 47.8 Å². The van der Waals surface area contributed by atoms with Gasteiger partial charge in [0.2, 0.25) is 5.79 Å². The second-order valence-corrected chi connectivity index (χ2v) is 13.2. The third kappa shape index (κ3) is 4.33. The molecule has 2 aliphatic carbocycles. The summed E-state index contributed by atoms with van der Waals surface area (Å²) in [7, 11) is -10.4. The fourth-order valence-electron chi connectivity index (χ4n) is 5.58. The number of halogens is 3. The lowest BCUT2D eigenvalue weighted by atomic mass is 9.86. The van der Waals surface area contributed by atoms with Crippen LogP contribution in [0.25, 0.3) is 0 Å². The molecule has 2 bridgehead atoms. The lowest BCUT2D eigenvalue weighted by Gasteiger charge is -2.27. The van der Waals surface area contributed by atoms with Crippen LogP contribution in [-0.4, -0.2) is 28.1 Å². The second kappa shape index (κ2) is 8.79. The van der Waals surface area contributed by atoms with E-state index in [2.05, 4.69) is 0 Å². The Hall–Kier alpha value is -2.93. The molecule has 0 radical (unpaired) electrons. The second-order valence-electron chi connectivity index (χ2n) is 10.2. The van der Waals surface area contributed by atoms with E-state index in [0.717, 1.165) is 5.56 Å². The number of benzene rings is 2. The molecule has 0 aromatic heterocycles. The van der Waals surface area contributed by atoms with Crippen LogP contribution in [0.3, 0.4) is 0 Å². The maximum atomic E-state index is 13.4. The standard InChI is InChI=1S/C26H27F3O8S2/c1-6-15-16(7-2)22(37-39(32,33)26(27,28)29)20-18-12-17(23-24(18)35-25(4,5)34-23)19(20)21(15)36-38(30,31)14-10-8-13(3)9-11-14/h8-11,17-18H,6-7,12H2,1-5H3/t17-,18+/m1/s1. The van der Waals surface area contributed by atoms with Crippen LogP contribution in [-0.2, 0) is 42.6 Å². The molecule has 0 saturated heterocycles. The number of alkyl halides is 3. The van der Waals surface area contributed by atoms with Crippen LogP contribution in [0.2, 0.25) is 0 Å². The summed E-state index contributed by atoms with van der Waals surface area (Å²) in [5, 5.41) is 0. The van der Waals surface area contributed by atoms with E-state index in [9.17, 15) is 30.0 Å². The fourth-order valence-corrected chi connectivity index (χ4v) is 7.06. The molecule has 8 nitrogen and oxygen atoms in total. The molecule has 0 fully saturated rings. The van der Waals surface area contributed by atoms with Crippen molar-refractivity contribution in [2.24, 2.45) is 0 Å². The molecule has 39 heavy (non-hydrogen) atoms. The molecule has 0 N–H and O–H groups in total. The van der Waals surface area contributed by atoms with Crippen LogP contribution in [0.1, 0.15) is 73.8 Å². The van der Waals surface area contributed by atoms with Crippen molar-refractivity contribution in [1.29, 1.82) is 0 Å². The first-order valence-corrected chi connectivity index (χ1v) is 15.2. The van der Waals surface area contributed by atoms with Gasteiger partial charge in [-0.15, -0.1) is 0 Å². The number of hydrogen-bond acceptors (Lipinski definition) is 8. The van der Waals surface area contributed by atoms with Gasteiger partial charge in [0, 0.05) is 36.1 Å². The van der Waals surface area contributed by atoms with E-state index in [1.165, 1.54) is 12.1 Å². The van der Waals surface area contributed by atoms with Gasteiger partial charge in [-0.25, -0.2) is 0 Å². The predicted molar refractivity (Wildman–Crippen MR) is 133 cm³/mol. The molecule has 3 aliphatic rings. The van der Waals surface area contributed by atoms with Crippen molar-refractivity contribution in [3.05, 3.63) is 63.6 Å². The molecule has 0 saturated carbocycles. The number of fused-ring (bicyclic) bond motifs is 7. The van der Waals surface area contributed by atoms with Gasteiger partial charge in [-0.2, -0.15) is 30.0 Å². The van der Waals surface area contributed by atoms with Crippen molar-refractivity contribution in [2.45, 2.75) is 81.9 Å². The van der Waals surface area contributed by atoms with Gasteiger partial charge in [0.1, 0.15) is 16.4 Å². The maximum absolute atomic E-state index is 13.4. The summed E-state index contributed by atoms with van der Waals surface area (Å²) in [6, 6.07) is 6.02. The van der Waals surface area contributed by atoms with Crippen LogP contribution in [0.5, 0.6) is 11.5 Å². The zero-order valence-corrected chi connectivity index (χ0v) is 23.4. The van der Waals surface area contributed by atoms with Gasteiger partial charge in [0.25, 0.3) is 0 Å². The highest BCUT2D eigenvalue weighted by molar-refractivity contribution is 7.88. The summed E-state index contributed by atoms with van der Waals surface area (Å²) in [6.07, 6.45) is 0.450. The molecule has 13 heteroatoms. The van der Waals surface area contributed by atoms with Crippen LogP contribution < -0.4 is 8.37 Å². The summed E-state index contributed by atoms with van der Waals surface area (Å²) in [5.41, 5.74) is -4.13. The summed E-state index contributed by atoms with van der Waals surface area (Å²) < 4.78 is 114. The Labute approximate surface area is 225 Å². The van der Waals surface area contributed by atoms with Crippen molar-refractivity contribution in [2.75, 3.05) is 0 Å². The Morgan fingerprint density at radius 1 is 0.872 bits per heavy atom. The first kappa shape index (κ1) is 27.6. The molecule has 2 atom stereocenters. The van der Waals surface area contributed by atoms with E-state index in [4.69, 9.17) is 17.8 Å². The lowest BCUT2D eigenvalue weighted by Crippen LogP contribution is -2.29. The number of ether oxygens (including phenoxy) is 2. The van der Waals surface area contributed by atoms with Gasteiger partial charge in [-0.3, -0.25) is 0 Å². The van der Waals surface area contributed by atoms with E-state index in [1.54, 1.807) is 46.8 Å². The zero-order valence-electron chi connectivity index (χ0n) is 21.8. The highest BCUT2D eigenvalue weighted by atomic mass is 32.2. The largest absolute Gasteiger partial charge is 0.534 e. The van der Waals surface area contributed by atoms with E-state index in [-0.39, 0.29) is 52.2 Å². The van der Waals surface area contributed by atoms with E-state index in [1.807, 2.05) is 0 Å². The van der Waals surface area contributed by atoms with Crippen LogP contribution in [0.4, 0.5) is 13.2 Å². The van der Waals surface area contributed by atoms with Gasteiger partial charge in [-0.1, -0.05) is 31.5 Å². The van der Waals surface area contributed by atoms with E-state index < -0.39 is 49.1 Å². The Balaban J connectivity index is 1.76. The Morgan fingerprint density at radius 2 is 1.33 bits per heavy atom. The molecule has 0 amide bonds. The van der Waals surface area contributed by atoms with Crippen LogP contribution in [0.15, 0.2) is 40.7 Å². The molecular formula is C26H27F3O8S2. The molecule has 212 valence electrons.